The van der Waals surface area contributed by atoms with Crippen LogP contribution in [0.2, 0.25) is 0 Å². The lowest BCUT2D eigenvalue weighted by Gasteiger charge is -2.33. The van der Waals surface area contributed by atoms with Crippen LogP contribution in [-0.4, -0.2) is 57.0 Å². The summed E-state index contributed by atoms with van der Waals surface area (Å²) in [4.78, 5) is 32.9. The molecule has 3 aromatic heterocycles. The molecule has 5 rings (SSSR count). The zero-order valence-corrected chi connectivity index (χ0v) is 28.7. The summed E-state index contributed by atoms with van der Waals surface area (Å²) in [5.41, 5.74) is 2.34. The fourth-order valence-corrected chi connectivity index (χ4v) is 6.69. The molecule has 0 radical (unpaired) electrons. The normalized spacial score (nSPS) is 14.5. The van der Waals surface area contributed by atoms with Crippen molar-refractivity contribution in [1.82, 2.24) is 19.7 Å². The zero-order chi connectivity index (χ0) is 34.8. The molecule has 1 fully saturated rings. The van der Waals surface area contributed by atoms with Gasteiger partial charge in [-0.05, 0) is 101 Å². The first kappa shape index (κ1) is 34.9. The number of piperidine rings is 1. The molecule has 48 heavy (non-hydrogen) atoms. The van der Waals surface area contributed by atoms with Gasteiger partial charge in [0.1, 0.15) is 11.2 Å². The van der Waals surface area contributed by atoms with E-state index in [1.807, 2.05) is 45.9 Å². The van der Waals surface area contributed by atoms with Gasteiger partial charge in [0.05, 0.1) is 23.4 Å². The van der Waals surface area contributed by atoms with Crippen molar-refractivity contribution in [2.24, 2.45) is 0 Å². The standard InChI is InChI=1S/C36H39F3N4O4S/c1-7-46-33(44)28-21-40-43(32(28)36(37,38)39)30-10-8-9-29(41-30)31-27(20-23(3)48-31)14-12-24-11-13-26(19-22(24)2)25-15-17-42(18-16-25)34(45)47-35(4,5)6/h8-14,19-21,25H,7,15-18H2,1-6H3/b14-12-. The number of likely N-dealkylation sites (tertiary alicyclic amines) is 1. The van der Waals surface area contributed by atoms with Crippen LogP contribution < -0.4 is 0 Å². The summed E-state index contributed by atoms with van der Waals surface area (Å²) in [6.45, 7) is 12.4. The third-order valence-electron chi connectivity index (χ3n) is 7.96. The van der Waals surface area contributed by atoms with Crippen molar-refractivity contribution < 1.29 is 32.2 Å². The molecule has 0 N–H and O–H groups in total. The number of nitrogens with zero attached hydrogens (tertiary/aromatic N) is 4. The van der Waals surface area contributed by atoms with Gasteiger partial charge in [-0.1, -0.05) is 36.4 Å². The van der Waals surface area contributed by atoms with Crippen LogP contribution >= 0.6 is 11.3 Å². The van der Waals surface area contributed by atoms with E-state index in [9.17, 15) is 22.8 Å². The van der Waals surface area contributed by atoms with Crippen LogP contribution in [0.1, 0.15) is 89.6 Å². The Morgan fingerprint density at radius 3 is 2.38 bits per heavy atom. The van der Waals surface area contributed by atoms with E-state index >= 15 is 0 Å². The fraction of sp³-hybridized carbons (Fsp3) is 0.389. The topological polar surface area (TPSA) is 86.6 Å². The van der Waals surface area contributed by atoms with Gasteiger partial charge in [-0.3, -0.25) is 0 Å². The van der Waals surface area contributed by atoms with Gasteiger partial charge < -0.3 is 14.4 Å². The summed E-state index contributed by atoms with van der Waals surface area (Å²) >= 11 is 1.49. The van der Waals surface area contributed by atoms with Crippen molar-refractivity contribution in [3.05, 3.63) is 87.0 Å². The lowest BCUT2D eigenvalue weighted by molar-refractivity contribution is -0.143. The van der Waals surface area contributed by atoms with Crippen molar-refractivity contribution in [1.29, 1.82) is 0 Å². The molecule has 0 aliphatic carbocycles. The number of aryl methyl sites for hydroxylation is 2. The Morgan fingerprint density at radius 1 is 1.02 bits per heavy atom. The molecule has 0 unspecified atom stereocenters. The first-order valence-electron chi connectivity index (χ1n) is 15.8. The van der Waals surface area contributed by atoms with Gasteiger partial charge >= 0.3 is 18.2 Å². The number of alkyl halides is 3. The number of ether oxygens (including phenoxy) is 2. The van der Waals surface area contributed by atoms with Gasteiger partial charge in [-0.25, -0.2) is 19.3 Å². The molecule has 0 saturated carbocycles. The van der Waals surface area contributed by atoms with E-state index in [-0.39, 0.29) is 18.5 Å². The van der Waals surface area contributed by atoms with Gasteiger partial charge in [0, 0.05) is 18.0 Å². The second kappa shape index (κ2) is 14.0. The van der Waals surface area contributed by atoms with Crippen LogP contribution in [0.15, 0.2) is 48.7 Å². The third-order valence-corrected chi connectivity index (χ3v) is 9.04. The lowest BCUT2D eigenvalue weighted by atomic mass is 9.88. The molecule has 1 aliphatic heterocycles. The Hall–Kier alpha value is -4.45. The van der Waals surface area contributed by atoms with Crippen molar-refractivity contribution >= 4 is 35.6 Å². The highest BCUT2D eigenvalue weighted by Crippen LogP contribution is 2.37. The molecule has 0 atom stereocenters. The van der Waals surface area contributed by atoms with Crippen molar-refractivity contribution in [2.45, 2.75) is 72.1 Å². The van der Waals surface area contributed by atoms with Crippen LogP contribution in [0, 0.1) is 13.8 Å². The molecule has 254 valence electrons. The van der Waals surface area contributed by atoms with Gasteiger partial charge in [0.25, 0.3) is 0 Å². The van der Waals surface area contributed by atoms with Crippen molar-refractivity contribution in [2.75, 3.05) is 19.7 Å². The van der Waals surface area contributed by atoms with Gasteiger partial charge in [0.15, 0.2) is 11.5 Å². The summed E-state index contributed by atoms with van der Waals surface area (Å²) in [5, 5.41) is 3.87. The largest absolute Gasteiger partial charge is 0.462 e. The third kappa shape index (κ3) is 7.98. The number of carbonyl (C=O) groups is 2. The summed E-state index contributed by atoms with van der Waals surface area (Å²) in [5.74, 6) is -0.814. The zero-order valence-electron chi connectivity index (χ0n) is 27.9. The number of hydrogen-bond acceptors (Lipinski definition) is 7. The lowest BCUT2D eigenvalue weighted by Crippen LogP contribution is -2.41. The summed E-state index contributed by atoms with van der Waals surface area (Å²) < 4.78 is 53.3. The molecule has 4 aromatic rings. The Balaban J connectivity index is 1.35. The molecule has 1 aromatic carbocycles. The minimum atomic E-state index is -4.87. The number of rotatable bonds is 7. The highest BCUT2D eigenvalue weighted by atomic mass is 32.1. The van der Waals surface area contributed by atoms with E-state index in [1.165, 1.54) is 29.9 Å². The predicted octanol–water partition coefficient (Wildman–Crippen LogP) is 9.09. The monoisotopic (exact) mass is 680 g/mol. The van der Waals surface area contributed by atoms with Gasteiger partial charge in [-0.15, -0.1) is 11.3 Å². The van der Waals surface area contributed by atoms with E-state index < -0.39 is 29.0 Å². The van der Waals surface area contributed by atoms with Gasteiger partial charge in [0.2, 0.25) is 0 Å². The smallest absolute Gasteiger partial charge is 0.434 e. The van der Waals surface area contributed by atoms with Crippen molar-refractivity contribution in [3.63, 3.8) is 0 Å². The molecule has 1 amide bonds. The fourth-order valence-electron chi connectivity index (χ4n) is 5.72. The number of carbonyl (C=O) groups excluding carboxylic acids is 2. The van der Waals surface area contributed by atoms with Crippen LogP contribution in [0.5, 0.6) is 0 Å². The molecule has 0 bridgehead atoms. The van der Waals surface area contributed by atoms with Gasteiger partial charge in [-0.2, -0.15) is 18.3 Å². The molecule has 12 heteroatoms. The number of benzene rings is 1. The average molecular weight is 681 g/mol. The number of halogens is 3. The summed E-state index contributed by atoms with van der Waals surface area (Å²) in [6.07, 6.45) is 1.48. The minimum Gasteiger partial charge on any atom is -0.462 e. The predicted molar refractivity (Wildman–Crippen MR) is 180 cm³/mol. The Bertz CT molecular complexity index is 1830. The number of thiophene rings is 1. The van der Waals surface area contributed by atoms with Crippen LogP contribution in [0.25, 0.3) is 28.5 Å². The number of pyridine rings is 1. The SMILES string of the molecule is CCOC(=O)c1cnn(-c2cccc(-c3sc(C)cc3/C=C\c3ccc(C4CCN(C(=O)OC(C)(C)C)CC4)cc3C)n2)c1C(F)(F)F. The second-order valence-electron chi connectivity index (χ2n) is 12.8. The number of esters is 1. The van der Waals surface area contributed by atoms with Crippen LogP contribution in [0.4, 0.5) is 18.0 Å². The Kier molecular flexibility index (Phi) is 10.1. The van der Waals surface area contributed by atoms with E-state index in [0.29, 0.717) is 29.4 Å². The first-order chi connectivity index (χ1) is 22.6. The molecule has 1 aliphatic rings. The maximum atomic E-state index is 14.1. The highest BCUT2D eigenvalue weighted by Gasteiger charge is 2.41. The summed E-state index contributed by atoms with van der Waals surface area (Å²) in [6, 6.07) is 13.2. The molecule has 8 nitrogen and oxygen atoms in total. The highest BCUT2D eigenvalue weighted by molar-refractivity contribution is 7.15. The van der Waals surface area contributed by atoms with E-state index in [1.54, 1.807) is 17.0 Å². The molecular weight excluding hydrogens is 641 g/mol. The molecule has 1 saturated heterocycles. The number of amides is 1. The van der Waals surface area contributed by atoms with E-state index in [0.717, 1.165) is 45.5 Å². The molecule has 4 heterocycles. The van der Waals surface area contributed by atoms with Crippen molar-refractivity contribution in [3.8, 4) is 16.4 Å². The summed E-state index contributed by atoms with van der Waals surface area (Å²) in [7, 11) is 0. The number of hydrogen-bond donors (Lipinski definition) is 0. The minimum absolute atomic E-state index is 0.0660. The van der Waals surface area contributed by atoms with Crippen LogP contribution in [0.3, 0.4) is 0 Å². The average Bonchev–Trinajstić information content (AvgIpc) is 3.64. The Labute approximate surface area is 282 Å². The maximum absolute atomic E-state index is 14.1. The second-order valence-corrected chi connectivity index (χ2v) is 14.0. The molecule has 0 spiro atoms. The molecular formula is C36H39F3N4O4S. The quantitative estimate of drug-likeness (QED) is 0.181. The first-order valence-corrected chi connectivity index (χ1v) is 16.6. The van der Waals surface area contributed by atoms with E-state index in [4.69, 9.17) is 9.47 Å². The van der Waals surface area contributed by atoms with E-state index in [2.05, 4.69) is 35.2 Å². The number of aromatic nitrogens is 3. The maximum Gasteiger partial charge on any atom is 0.434 e. The van der Waals surface area contributed by atoms with Crippen LogP contribution in [-0.2, 0) is 15.7 Å². The Morgan fingerprint density at radius 2 is 1.73 bits per heavy atom.